The summed E-state index contributed by atoms with van der Waals surface area (Å²) in [6.07, 6.45) is 4.21. The van der Waals surface area contributed by atoms with Crippen LogP contribution in [0.25, 0.3) is 0 Å². The fraction of sp³-hybridized carbons (Fsp3) is 0.750. The lowest BCUT2D eigenvalue weighted by Gasteiger charge is -2.51. The number of alkyl halides is 1. The van der Waals surface area contributed by atoms with Gasteiger partial charge in [-0.15, -0.1) is 0 Å². The first-order valence-corrected chi connectivity index (χ1v) is 13.8. The van der Waals surface area contributed by atoms with Crippen LogP contribution < -0.4 is 11.1 Å². The Morgan fingerprint density at radius 1 is 1.21 bits per heavy atom. The summed E-state index contributed by atoms with van der Waals surface area (Å²) in [5.74, 6) is -4.33. The Kier molecular flexibility index (Phi) is 11.2. The van der Waals surface area contributed by atoms with E-state index in [1.54, 1.807) is 14.2 Å². The van der Waals surface area contributed by atoms with E-state index in [0.717, 1.165) is 18.9 Å². The quantitative estimate of drug-likeness (QED) is 0.196. The van der Waals surface area contributed by atoms with E-state index in [1.165, 1.54) is 4.90 Å². The van der Waals surface area contributed by atoms with Gasteiger partial charge in [-0.2, -0.15) is 0 Å². The molecule has 10 heteroatoms. The third-order valence-electron chi connectivity index (χ3n) is 8.56. The first-order valence-electron chi connectivity index (χ1n) is 13.8. The normalized spacial score (nSPS) is 26.7. The van der Waals surface area contributed by atoms with Crippen LogP contribution in [0.3, 0.4) is 0 Å². The van der Waals surface area contributed by atoms with Gasteiger partial charge in [0.05, 0.1) is 5.60 Å². The predicted octanol–water partition coefficient (Wildman–Crippen LogP) is 5.02. The Hall–Kier alpha value is -1.91. The van der Waals surface area contributed by atoms with Crippen LogP contribution in [0.2, 0.25) is 0 Å². The number of carbonyl (C=O) groups is 1. The molecule has 1 aromatic rings. The van der Waals surface area contributed by atoms with Gasteiger partial charge in [-0.05, 0) is 95.7 Å². The van der Waals surface area contributed by atoms with Crippen molar-refractivity contribution < 1.29 is 32.2 Å². The highest BCUT2D eigenvalue weighted by Crippen LogP contribution is 2.47. The Morgan fingerprint density at radius 2 is 1.92 bits per heavy atom. The molecule has 1 aliphatic carbocycles. The van der Waals surface area contributed by atoms with Crippen molar-refractivity contribution in [2.75, 3.05) is 33.9 Å². The van der Waals surface area contributed by atoms with E-state index < -0.39 is 52.8 Å². The van der Waals surface area contributed by atoms with Gasteiger partial charge in [0.1, 0.15) is 12.0 Å². The summed E-state index contributed by atoms with van der Waals surface area (Å²) in [5.41, 5.74) is 3.44. The number of carbonyl (C=O) groups excluding carboxylic acids is 1. The van der Waals surface area contributed by atoms with Gasteiger partial charge < -0.3 is 25.8 Å². The van der Waals surface area contributed by atoms with Crippen molar-refractivity contribution in [3.63, 3.8) is 0 Å². The molecule has 4 N–H and O–H groups in total. The minimum absolute atomic E-state index is 0.0309. The maximum absolute atomic E-state index is 15.3. The summed E-state index contributed by atoms with van der Waals surface area (Å²) in [7, 11) is 3.34. The molecule has 0 radical (unpaired) electrons. The number of hydrogen-bond acceptors (Lipinski definition) is 4. The molecule has 4 atom stereocenters. The number of rotatable bonds is 12. The molecule has 1 saturated carbocycles. The highest BCUT2D eigenvalue weighted by atomic mass is 19.2. The van der Waals surface area contributed by atoms with Crippen molar-refractivity contribution >= 4 is 6.03 Å². The number of nitrogens with one attached hydrogen (secondary N) is 1. The van der Waals surface area contributed by atoms with Crippen LogP contribution >= 0.6 is 0 Å². The number of likely N-dealkylation sites (tertiary alicyclic amines) is 1. The fourth-order valence-corrected chi connectivity index (χ4v) is 6.80. The van der Waals surface area contributed by atoms with Crippen LogP contribution in [0.1, 0.15) is 69.8 Å². The van der Waals surface area contributed by atoms with E-state index in [1.807, 2.05) is 0 Å². The van der Waals surface area contributed by atoms with Crippen LogP contribution in [-0.2, 0) is 10.3 Å². The van der Waals surface area contributed by atoms with E-state index in [9.17, 15) is 23.1 Å². The summed E-state index contributed by atoms with van der Waals surface area (Å²) in [6, 6.07) is 0.0734. The van der Waals surface area contributed by atoms with Crippen LogP contribution in [0.15, 0.2) is 12.1 Å². The molecule has 2 fully saturated rings. The van der Waals surface area contributed by atoms with Crippen molar-refractivity contribution in [2.45, 2.75) is 82.0 Å². The highest BCUT2D eigenvalue weighted by Gasteiger charge is 2.51. The molecule has 2 aliphatic rings. The van der Waals surface area contributed by atoms with Gasteiger partial charge in [0.15, 0.2) is 11.6 Å². The van der Waals surface area contributed by atoms with E-state index >= 15 is 4.39 Å². The van der Waals surface area contributed by atoms with Gasteiger partial charge in [-0.3, -0.25) is 0 Å². The van der Waals surface area contributed by atoms with Crippen LogP contribution in [0, 0.1) is 35.2 Å². The number of nitrogens with zero attached hydrogens (tertiary/aromatic N) is 1. The number of amides is 2. The van der Waals surface area contributed by atoms with Crippen molar-refractivity contribution in [2.24, 2.45) is 23.5 Å². The first-order chi connectivity index (χ1) is 18.1. The molecular formula is C28H43F4N3O3. The molecule has 1 saturated heterocycles. The second-order valence-corrected chi connectivity index (χ2v) is 11.1. The molecule has 38 heavy (non-hydrogen) atoms. The van der Waals surface area contributed by atoms with Gasteiger partial charge in [-0.1, -0.05) is 0 Å². The van der Waals surface area contributed by atoms with Crippen LogP contribution in [0.4, 0.5) is 22.4 Å². The van der Waals surface area contributed by atoms with Crippen molar-refractivity contribution in [1.29, 1.82) is 0 Å². The summed E-state index contributed by atoms with van der Waals surface area (Å²) in [5, 5.41) is 15.5. The van der Waals surface area contributed by atoms with Gasteiger partial charge in [0, 0.05) is 43.9 Å². The van der Waals surface area contributed by atoms with E-state index in [0.29, 0.717) is 70.7 Å². The van der Waals surface area contributed by atoms with Crippen molar-refractivity contribution in [3.8, 4) is 0 Å². The third kappa shape index (κ3) is 7.18. The number of urea groups is 1. The number of unbranched alkanes of at least 4 members (excludes halogenated alkanes) is 1. The average Bonchev–Trinajstić information content (AvgIpc) is 2.89. The number of nitrogens with two attached hydrogens (primary N) is 1. The Balaban J connectivity index is 2.07. The smallest absolute Gasteiger partial charge is 0.315 e. The number of halogens is 4. The Morgan fingerprint density at radius 3 is 2.55 bits per heavy atom. The van der Waals surface area contributed by atoms with Crippen LogP contribution in [-0.4, -0.2) is 62.1 Å². The summed E-state index contributed by atoms with van der Waals surface area (Å²) in [6.45, 7) is 1.27. The van der Waals surface area contributed by atoms with E-state index in [4.69, 9.17) is 10.5 Å². The largest absolute Gasteiger partial charge is 0.385 e. The maximum atomic E-state index is 15.3. The number of aliphatic hydroxyl groups is 1. The summed E-state index contributed by atoms with van der Waals surface area (Å²) in [4.78, 5) is 14.2. The van der Waals surface area contributed by atoms with Crippen molar-refractivity contribution in [1.82, 2.24) is 10.2 Å². The predicted molar refractivity (Wildman–Crippen MR) is 138 cm³/mol. The molecule has 6 nitrogen and oxygen atoms in total. The zero-order valence-corrected chi connectivity index (χ0v) is 22.5. The fourth-order valence-electron chi connectivity index (χ4n) is 6.80. The number of primary amides is 1. The molecule has 1 aliphatic heterocycles. The Labute approximate surface area is 223 Å². The molecule has 2 unspecified atom stereocenters. The minimum Gasteiger partial charge on any atom is -0.385 e. The lowest BCUT2D eigenvalue weighted by Crippen LogP contribution is -2.60. The monoisotopic (exact) mass is 545 g/mol. The Bertz CT molecular complexity index is 916. The number of methoxy groups -OCH3 is 1. The van der Waals surface area contributed by atoms with Gasteiger partial charge in [0.2, 0.25) is 0 Å². The standard InChI is InChI=1S/C28H43F4N3O3/c1-34-17-19(14-18-7-9-20(29)10-8-18)26-22(6-5-12-35(26)27(33)36)28(37,11-3-4-13-38-2)23-15-21(30)16-24(31)25(23)32/h15-16,18-20,22,26,34,37H,3-14,17H2,1-2H3,(H2,33,36)/t18?,19-,20?,22?,26?,28-/m0/s1. The molecule has 1 aromatic carbocycles. The second kappa shape index (κ2) is 13.9. The molecule has 2 amide bonds. The van der Waals surface area contributed by atoms with Crippen LogP contribution in [0.5, 0.6) is 0 Å². The molecule has 216 valence electrons. The topological polar surface area (TPSA) is 87.8 Å². The number of ether oxygens (including phenoxy) is 1. The molecule has 0 aromatic heterocycles. The molecule has 1 heterocycles. The van der Waals surface area contributed by atoms with Gasteiger partial charge >= 0.3 is 6.03 Å². The summed E-state index contributed by atoms with van der Waals surface area (Å²) < 4.78 is 63.1. The number of benzene rings is 1. The first kappa shape index (κ1) is 30.6. The average molecular weight is 546 g/mol. The lowest BCUT2D eigenvalue weighted by atomic mass is 9.65. The van der Waals surface area contributed by atoms with E-state index in [2.05, 4.69) is 5.32 Å². The molecular weight excluding hydrogens is 502 g/mol. The number of hydrogen-bond donors (Lipinski definition) is 3. The van der Waals surface area contributed by atoms with E-state index in [-0.39, 0.29) is 18.3 Å². The molecule has 0 spiro atoms. The highest BCUT2D eigenvalue weighted by molar-refractivity contribution is 5.72. The third-order valence-corrected chi connectivity index (χ3v) is 8.56. The second-order valence-electron chi connectivity index (χ2n) is 11.1. The molecule has 3 rings (SSSR count). The van der Waals surface area contributed by atoms with Crippen molar-refractivity contribution in [3.05, 3.63) is 35.1 Å². The van der Waals surface area contributed by atoms with Gasteiger partial charge in [0.25, 0.3) is 0 Å². The SMILES string of the molecule is CNC[C@H](CC1CCC(F)CC1)C1C([C@@](O)(CCCCOC)c2cc(F)cc(F)c2F)CCCN1C(N)=O. The zero-order valence-electron chi connectivity index (χ0n) is 22.5. The maximum Gasteiger partial charge on any atom is 0.315 e. The lowest BCUT2D eigenvalue weighted by molar-refractivity contribution is -0.0959. The molecule has 0 bridgehead atoms. The summed E-state index contributed by atoms with van der Waals surface area (Å²) >= 11 is 0. The minimum atomic E-state index is -1.96. The van der Waals surface area contributed by atoms with Gasteiger partial charge in [-0.25, -0.2) is 22.4 Å². The zero-order chi connectivity index (χ0) is 27.9. The number of piperidine rings is 1.